The molecule has 0 atom stereocenters. The SMILES string of the molecule is CCCCn1c(CCCNC(=O)C2CCCCC2)nc2ccccc21. The van der Waals surface area contributed by atoms with Gasteiger partial charge >= 0.3 is 0 Å². The number of hydrogen-bond acceptors (Lipinski definition) is 2. The molecule has 0 radical (unpaired) electrons. The highest BCUT2D eigenvalue weighted by atomic mass is 16.1. The Balaban J connectivity index is 1.54. The Morgan fingerprint density at radius 3 is 2.80 bits per heavy atom. The number of unbranched alkanes of at least 4 members (excludes halogenated alkanes) is 1. The number of para-hydroxylation sites is 2. The van der Waals surface area contributed by atoms with E-state index in [9.17, 15) is 4.79 Å². The molecule has 1 N–H and O–H groups in total. The highest BCUT2D eigenvalue weighted by Crippen LogP contribution is 2.23. The molecular weight excluding hydrogens is 310 g/mol. The zero-order valence-electron chi connectivity index (χ0n) is 15.5. The van der Waals surface area contributed by atoms with Crippen molar-refractivity contribution in [1.29, 1.82) is 0 Å². The normalized spacial score (nSPS) is 15.6. The zero-order valence-corrected chi connectivity index (χ0v) is 15.5. The number of aryl methyl sites for hydroxylation is 2. The summed E-state index contributed by atoms with van der Waals surface area (Å²) in [6, 6.07) is 8.38. The van der Waals surface area contributed by atoms with E-state index in [1.165, 1.54) is 37.6 Å². The lowest BCUT2D eigenvalue weighted by molar-refractivity contribution is -0.125. The average molecular weight is 341 g/mol. The highest BCUT2D eigenvalue weighted by Gasteiger charge is 2.20. The van der Waals surface area contributed by atoms with Gasteiger partial charge in [0.2, 0.25) is 5.91 Å². The Kier molecular flexibility index (Phi) is 6.48. The first kappa shape index (κ1) is 18.0. The Morgan fingerprint density at radius 1 is 1.20 bits per heavy atom. The summed E-state index contributed by atoms with van der Waals surface area (Å²) in [4.78, 5) is 17.0. The fourth-order valence-electron chi connectivity index (χ4n) is 3.85. The number of nitrogens with zero attached hydrogens (tertiary/aromatic N) is 2. The third kappa shape index (κ3) is 4.62. The third-order valence-electron chi connectivity index (χ3n) is 5.32. The minimum Gasteiger partial charge on any atom is -0.356 e. The van der Waals surface area contributed by atoms with Crippen molar-refractivity contribution in [3.05, 3.63) is 30.1 Å². The number of benzene rings is 1. The molecule has 1 aromatic carbocycles. The Morgan fingerprint density at radius 2 is 2.00 bits per heavy atom. The number of carbonyl (C=O) groups excluding carboxylic acids is 1. The van der Waals surface area contributed by atoms with Crippen LogP contribution >= 0.6 is 0 Å². The predicted molar refractivity (Wildman–Crippen MR) is 103 cm³/mol. The van der Waals surface area contributed by atoms with E-state index in [1.807, 2.05) is 6.07 Å². The number of rotatable bonds is 8. The van der Waals surface area contributed by atoms with Crippen LogP contribution in [0.15, 0.2) is 24.3 Å². The summed E-state index contributed by atoms with van der Waals surface area (Å²) >= 11 is 0. The Bertz CT molecular complexity index is 686. The Hall–Kier alpha value is -1.84. The van der Waals surface area contributed by atoms with Gasteiger partial charge in [0.1, 0.15) is 5.82 Å². The summed E-state index contributed by atoms with van der Waals surface area (Å²) in [5, 5.41) is 3.14. The smallest absolute Gasteiger partial charge is 0.223 e. The third-order valence-corrected chi connectivity index (χ3v) is 5.32. The van der Waals surface area contributed by atoms with Crippen LogP contribution in [0.4, 0.5) is 0 Å². The number of imidazole rings is 1. The number of aromatic nitrogens is 2. The average Bonchev–Trinajstić information content (AvgIpc) is 3.01. The molecule has 0 aliphatic heterocycles. The number of amides is 1. The van der Waals surface area contributed by atoms with Crippen molar-refractivity contribution in [1.82, 2.24) is 14.9 Å². The van der Waals surface area contributed by atoms with E-state index < -0.39 is 0 Å². The molecule has 1 aromatic heterocycles. The first-order chi connectivity index (χ1) is 12.3. The predicted octanol–water partition coefficient (Wildman–Crippen LogP) is 4.47. The van der Waals surface area contributed by atoms with Crippen LogP contribution in [0.1, 0.15) is 64.1 Å². The molecule has 1 aliphatic rings. The fourth-order valence-corrected chi connectivity index (χ4v) is 3.85. The first-order valence-electron chi connectivity index (χ1n) is 10.0. The quantitative estimate of drug-likeness (QED) is 0.720. The molecule has 2 aromatic rings. The van der Waals surface area contributed by atoms with Gasteiger partial charge in [-0.3, -0.25) is 4.79 Å². The van der Waals surface area contributed by atoms with Crippen LogP contribution in [0.2, 0.25) is 0 Å². The number of nitrogens with one attached hydrogen (secondary N) is 1. The van der Waals surface area contributed by atoms with Crippen molar-refractivity contribution in [3.63, 3.8) is 0 Å². The zero-order chi connectivity index (χ0) is 17.5. The molecule has 1 heterocycles. The number of fused-ring (bicyclic) bond motifs is 1. The van der Waals surface area contributed by atoms with Crippen LogP contribution in [0, 0.1) is 5.92 Å². The molecule has 1 saturated carbocycles. The summed E-state index contributed by atoms with van der Waals surface area (Å²) < 4.78 is 2.36. The topological polar surface area (TPSA) is 46.9 Å². The number of carbonyl (C=O) groups is 1. The molecule has 3 rings (SSSR count). The van der Waals surface area contributed by atoms with E-state index in [0.717, 1.165) is 50.1 Å². The van der Waals surface area contributed by atoms with Gasteiger partial charge in [0.15, 0.2) is 0 Å². The van der Waals surface area contributed by atoms with Crippen molar-refractivity contribution >= 4 is 16.9 Å². The van der Waals surface area contributed by atoms with Crippen LogP contribution in [-0.2, 0) is 17.8 Å². The van der Waals surface area contributed by atoms with Gasteiger partial charge in [-0.1, -0.05) is 44.7 Å². The molecule has 0 bridgehead atoms. The summed E-state index contributed by atoms with van der Waals surface area (Å²) in [6.07, 6.45) is 10.1. The van der Waals surface area contributed by atoms with Gasteiger partial charge < -0.3 is 9.88 Å². The Labute approximate surface area is 151 Å². The molecule has 1 amide bonds. The lowest BCUT2D eigenvalue weighted by Gasteiger charge is -2.20. The van der Waals surface area contributed by atoms with Gasteiger partial charge in [-0.05, 0) is 37.8 Å². The highest BCUT2D eigenvalue weighted by molar-refractivity contribution is 5.78. The standard InChI is InChI=1S/C21H31N3O/c1-2-3-16-24-19-13-8-7-12-18(19)23-20(24)14-9-15-22-21(25)17-10-5-4-6-11-17/h7-8,12-13,17H,2-6,9-11,14-16H2,1H3,(H,22,25). The van der Waals surface area contributed by atoms with E-state index in [-0.39, 0.29) is 11.8 Å². The van der Waals surface area contributed by atoms with E-state index in [0.29, 0.717) is 0 Å². The summed E-state index contributed by atoms with van der Waals surface area (Å²) in [5.74, 6) is 1.67. The van der Waals surface area contributed by atoms with Crippen molar-refractivity contribution in [2.24, 2.45) is 5.92 Å². The molecule has 1 fully saturated rings. The second kappa shape index (κ2) is 9.02. The van der Waals surface area contributed by atoms with Crippen LogP contribution < -0.4 is 5.32 Å². The van der Waals surface area contributed by atoms with Gasteiger partial charge in [0.05, 0.1) is 11.0 Å². The molecule has 136 valence electrons. The molecule has 0 saturated heterocycles. The van der Waals surface area contributed by atoms with E-state index in [4.69, 9.17) is 4.98 Å². The molecule has 1 aliphatic carbocycles. The van der Waals surface area contributed by atoms with Crippen molar-refractivity contribution in [2.45, 2.75) is 71.3 Å². The number of hydrogen-bond donors (Lipinski definition) is 1. The van der Waals surface area contributed by atoms with Crippen molar-refractivity contribution in [2.75, 3.05) is 6.54 Å². The maximum atomic E-state index is 12.2. The second-order valence-corrected chi connectivity index (χ2v) is 7.25. The second-order valence-electron chi connectivity index (χ2n) is 7.25. The van der Waals surface area contributed by atoms with E-state index in [1.54, 1.807) is 0 Å². The largest absolute Gasteiger partial charge is 0.356 e. The minimum atomic E-state index is 0.253. The minimum absolute atomic E-state index is 0.253. The monoisotopic (exact) mass is 341 g/mol. The van der Waals surface area contributed by atoms with Gasteiger partial charge in [0.25, 0.3) is 0 Å². The lowest BCUT2D eigenvalue weighted by Crippen LogP contribution is -2.32. The van der Waals surface area contributed by atoms with Crippen LogP contribution in [0.3, 0.4) is 0 Å². The van der Waals surface area contributed by atoms with E-state index >= 15 is 0 Å². The van der Waals surface area contributed by atoms with Gasteiger partial charge in [-0.2, -0.15) is 0 Å². The maximum absolute atomic E-state index is 12.2. The van der Waals surface area contributed by atoms with Gasteiger partial charge in [-0.25, -0.2) is 4.98 Å². The molecule has 25 heavy (non-hydrogen) atoms. The molecule has 4 nitrogen and oxygen atoms in total. The van der Waals surface area contributed by atoms with Crippen molar-refractivity contribution < 1.29 is 4.79 Å². The van der Waals surface area contributed by atoms with Crippen LogP contribution in [0.25, 0.3) is 11.0 Å². The van der Waals surface area contributed by atoms with Gasteiger partial charge in [-0.15, -0.1) is 0 Å². The first-order valence-corrected chi connectivity index (χ1v) is 10.0. The lowest BCUT2D eigenvalue weighted by atomic mass is 9.89. The maximum Gasteiger partial charge on any atom is 0.223 e. The summed E-state index contributed by atoms with van der Waals surface area (Å²) in [5.41, 5.74) is 2.32. The van der Waals surface area contributed by atoms with Crippen molar-refractivity contribution in [3.8, 4) is 0 Å². The summed E-state index contributed by atoms with van der Waals surface area (Å²) in [6.45, 7) is 4.01. The molecule has 4 heteroatoms. The molecule has 0 spiro atoms. The van der Waals surface area contributed by atoms with E-state index in [2.05, 4.69) is 35.0 Å². The summed E-state index contributed by atoms with van der Waals surface area (Å²) in [7, 11) is 0. The molecular formula is C21H31N3O. The fraction of sp³-hybridized carbons (Fsp3) is 0.619. The molecule has 0 unspecified atom stereocenters. The van der Waals surface area contributed by atoms with Crippen LogP contribution in [-0.4, -0.2) is 22.0 Å². The van der Waals surface area contributed by atoms with Crippen LogP contribution in [0.5, 0.6) is 0 Å². The van der Waals surface area contributed by atoms with Gasteiger partial charge in [0, 0.05) is 25.4 Å².